The van der Waals surface area contributed by atoms with E-state index < -0.39 is 0 Å². The number of hydrogen-bond donors (Lipinski definition) is 2. The zero-order chi connectivity index (χ0) is 18.2. The lowest BCUT2D eigenvalue weighted by Crippen LogP contribution is -2.12. The first-order valence-corrected chi connectivity index (χ1v) is 8.16. The van der Waals surface area contributed by atoms with Gasteiger partial charge in [-0.05, 0) is 47.5 Å². The largest absolute Gasteiger partial charge is 0.489 e. The normalized spacial score (nSPS) is 10.2. The predicted octanol–water partition coefficient (Wildman–Crippen LogP) is 4.88. The second-order valence-corrected chi connectivity index (χ2v) is 5.68. The van der Waals surface area contributed by atoms with Crippen molar-refractivity contribution in [2.24, 2.45) is 5.29 Å². The van der Waals surface area contributed by atoms with Gasteiger partial charge in [-0.3, -0.25) is 5.21 Å². The summed E-state index contributed by atoms with van der Waals surface area (Å²) in [6.45, 7) is 0.345. The summed E-state index contributed by atoms with van der Waals surface area (Å²) in [5, 5.41) is 15.4. The molecule has 0 aliphatic carbocycles. The molecule has 0 fully saturated rings. The molecule has 0 aliphatic heterocycles. The highest BCUT2D eigenvalue weighted by Crippen LogP contribution is 2.21. The van der Waals surface area contributed by atoms with Gasteiger partial charge in [0.2, 0.25) is 0 Å². The molecule has 0 heterocycles. The fourth-order valence-electron chi connectivity index (χ4n) is 2.52. The average Bonchev–Trinajstić information content (AvgIpc) is 2.69. The second kappa shape index (κ2) is 8.64. The van der Waals surface area contributed by atoms with Crippen LogP contribution in [0.5, 0.6) is 5.75 Å². The molecule has 0 aliphatic rings. The van der Waals surface area contributed by atoms with Gasteiger partial charge in [-0.15, -0.1) is 10.1 Å². The SMILES string of the molecule is O=NN(O)Cc1ccccc1COc1ccc(Nc2ccccc2)cc1. The lowest BCUT2D eigenvalue weighted by molar-refractivity contribution is -0.100. The summed E-state index contributed by atoms with van der Waals surface area (Å²) in [6, 6.07) is 25.0. The number of benzene rings is 3. The lowest BCUT2D eigenvalue weighted by Gasteiger charge is -2.13. The zero-order valence-electron chi connectivity index (χ0n) is 14.1. The molecule has 3 aromatic carbocycles. The molecule has 132 valence electrons. The van der Waals surface area contributed by atoms with Gasteiger partial charge < -0.3 is 10.1 Å². The molecule has 26 heavy (non-hydrogen) atoms. The number of nitrogens with zero attached hydrogens (tertiary/aromatic N) is 2. The monoisotopic (exact) mass is 349 g/mol. The van der Waals surface area contributed by atoms with Crippen molar-refractivity contribution in [2.45, 2.75) is 13.2 Å². The zero-order valence-corrected chi connectivity index (χ0v) is 14.1. The van der Waals surface area contributed by atoms with E-state index in [1.807, 2.05) is 78.9 Å². The predicted molar refractivity (Wildman–Crippen MR) is 100 cm³/mol. The minimum absolute atomic E-state index is 0.0168. The van der Waals surface area contributed by atoms with E-state index in [0.29, 0.717) is 11.8 Å². The van der Waals surface area contributed by atoms with Gasteiger partial charge in [0.05, 0.1) is 11.8 Å². The summed E-state index contributed by atoms with van der Waals surface area (Å²) in [4.78, 5) is 10.4. The van der Waals surface area contributed by atoms with Crippen molar-refractivity contribution in [2.75, 3.05) is 5.32 Å². The Morgan fingerprint density at radius 2 is 1.46 bits per heavy atom. The Bertz CT molecular complexity index is 838. The van der Waals surface area contributed by atoms with E-state index >= 15 is 0 Å². The van der Waals surface area contributed by atoms with Crippen molar-refractivity contribution >= 4 is 11.4 Å². The molecule has 0 bridgehead atoms. The van der Waals surface area contributed by atoms with Crippen LogP contribution in [0, 0.1) is 4.91 Å². The number of rotatable bonds is 8. The Hall–Kier alpha value is -3.38. The number of para-hydroxylation sites is 1. The summed E-state index contributed by atoms with van der Waals surface area (Å²) < 4.78 is 5.82. The van der Waals surface area contributed by atoms with Crippen LogP contribution in [0.15, 0.2) is 84.1 Å². The molecule has 0 spiro atoms. The fourth-order valence-corrected chi connectivity index (χ4v) is 2.52. The standard InChI is InChI=1S/C20H19N3O3/c24-22-23(25)14-16-6-4-5-7-17(16)15-26-20-12-10-19(11-13-20)21-18-8-2-1-3-9-18/h1-13,21,25H,14-15H2. The van der Waals surface area contributed by atoms with Crippen molar-refractivity contribution in [1.82, 2.24) is 5.17 Å². The van der Waals surface area contributed by atoms with Gasteiger partial charge >= 0.3 is 0 Å². The summed E-state index contributed by atoms with van der Waals surface area (Å²) >= 11 is 0. The average molecular weight is 349 g/mol. The van der Waals surface area contributed by atoms with Crippen molar-refractivity contribution in [3.05, 3.63) is 94.9 Å². The first-order chi connectivity index (χ1) is 12.7. The maximum atomic E-state index is 10.4. The third-order valence-corrected chi connectivity index (χ3v) is 3.84. The molecule has 0 saturated heterocycles. The summed E-state index contributed by atoms with van der Waals surface area (Å²) in [5.74, 6) is 0.729. The van der Waals surface area contributed by atoms with E-state index in [0.717, 1.165) is 28.3 Å². The molecular weight excluding hydrogens is 330 g/mol. The van der Waals surface area contributed by atoms with Crippen LogP contribution < -0.4 is 10.1 Å². The van der Waals surface area contributed by atoms with Crippen LogP contribution in [0.1, 0.15) is 11.1 Å². The van der Waals surface area contributed by atoms with Gasteiger partial charge in [0.1, 0.15) is 12.4 Å². The Balaban J connectivity index is 1.61. The topological polar surface area (TPSA) is 74.2 Å². The Labute approximate surface area is 151 Å². The molecule has 0 atom stereocenters. The van der Waals surface area contributed by atoms with E-state index in [1.165, 1.54) is 0 Å². The number of anilines is 2. The molecule has 0 saturated carbocycles. The van der Waals surface area contributed by atoms with Crippen LogP contribution in [0.3, 0.4) is 0 Å². The molecule has 0 aromatic heterocycles. The summed E-state index contributed by atoms with van der Waals surface area (Å²) in [6.07, 6.45) is 0. The van der Waals surface area contributed by atoms with Crippen molar-refractivity contribution in [3.63, 3.8) is 0 Å². The summed E-state index contributed by atoms with van der Waals surface area (Å²) in [5.41, 5.74) is 3.64. The van der Waals surface area contributed by atoms with E-state index in [-0.39, 0.29) is 6.54 Å². The highest BCUT2D eigenvalue weighted by molar-refractivity contribution is 5.60. The van der Waals surface area contributed by atoms with Gasteiger partial charge in [0.25, 0.3) is 0 Å². The maximum Gasteiger partial charge on any atom is 0.119 e. The molecule has 0 amide bonds. The van der Waals surface area contributed by atoms with E-state index in [1.54, 1.807) is 0 Å². The van der Waals surface area contributed by atoms with Gasteiger partial charge in [-0.2, -0.15) is 0 Å². The smallest absolute Gasteiger partial charge is 0.119 e. The van der Waals surface area contributed by atoms with Gasteiger partial charge in [0, 0.05) is 11.4 Å². The van der Waals surface area contributed by atoms with Crippen LogP contribution in [0.2, 0.25) is 0 Å². The highest BCUT2D eigenvalue weighted by atomic mass is 16.6. The van der Waals surface area contributed by atoms with Crippen molar-refractivity contribution in [1.29, 1.82) is 0 Å². The van der Waals surface area contributed by atoms with Gasteiger partial charge in [-0.25, -0.2) is 0 Å². The molecular formula is C20H19N3O3. The van der Waals surface area contributed by atoms with E-state index in [2.05, 4.69) is 10.6 Å². The lowest BCUT2D eigenvalue weighted by atomic mass is 10.1. The van der Waals surface area contributed by atoms with Crippen LogP contribution >= 0.6 is 0 Å². The van der Waals surface area contributed by atoms with E-state index in [9.17, 15) is 10.1 Å². The number of hydrogen-bond acceptors (Lipinski definition) is 5. The van der Waals surface area contributed by atoms with Gasteiger partial charge in [0.15, 0.2) is 0 Å². The van der Waals surface area contributed by atoms with E-state index in [4.69, 9.17) is 4.74 Å². The minimum Gasteiger partial charge on any atom is -0.489 e. The molecule has 0 unspecified atom stereocenters. The van der Waals surface area contributed by atoms with Crippen molar-refractivity contribution < 1.29 is 9.94 Å². The highest BCUT2D eigenvalue weighted by Gasteiger charge is 2.07. The van der Waals surface area contributed by atoms with Crippen molar-refractivity contribution in [3.8, 4) is 5.75 Å². The number of hydroxylamine groups is 1. The first-order valence-electron chi connectivity index (χ1n) is 8.16. The number of ether oxygens (including phenoxy) is 1. The third-order valence-electron chi connectivity index (χ3n) is 3.84. The molecule has 6 nitrogen and oxygen atoms in total. The van der Waals surface area contributed by atoms with Crippen LogP contribution in [-0.4, -0.2) is 10.4 Å². The minimum atomic E-state index is 0.0168. The second-order valence-electron chi connectivity index (χ2n) is 5.68. The maximum absolute atomic E-state index is 10.4. The number of nitrogens with one attached hydrogen (secondary N) is 1. The van der Waals surface area contributed by atoms with Crippen LogP contribution in [0.25, 0.3) is 0 Å². The summed E-state index contributed by atoms with van der Waals surface area (Å²) in [7, 11) is 0. The molecule has 3 rings (SSSR count). The third kappa shape index (κ3) is 4.81. The Morgan fingerprint density at radius 1 is 0.846 bits per heavy atom. The quantitative estimate of drug-likeness (QED) is 0.448. The number of nitroso groups, excluding NO2 is 1. The van der Waals surface area contributed by atoms with Gasteiger partial charge in [-0.1, -0.05) is 42.5 Å². The molecule has 2 N–H and O–H groups in total. The Morgan fingerprint density at radius 3 is 2.15 bits per heavy atom. The van der Waals surface area contributed by atoms with Crippen LogP contribution in [0.4, 0.5) is 11.4 Å². The molecule has 3 aromatic rings. The Kier molecular flexibility index (Phi) is 5.80. The first kappa shape index (κ1) is 17.4. The van der Waals surface area contributed by atoms with Crippen LogP contribution in [-0.2, 0) is 13.2 Å². The fraction of sp³-hybridized carbons (Fsp3) is 0.100. The molecule has 0 radical (unpaired) electrons. The molecule has 6 heteroatoms.